The van der Waals surface area contributed by atoms with Gasteiger partial charge in [0.25, 0.3) is 0 Å². The summed E-state index contributed by atoms with van der Waals surface area (Å²) in [6.45, 7) is 4.18. The lowest BCUT2D eigenvalue weighted by Crippen LogP contribution is -2.07. The maximum absolute atomic E-state index is 11.8. The fourth-order valence-corrected chi connectivity index (χ4v) is 1.86. The van der Waals surface area contributed by atoms with Crippen molar-refractivity contribution in [3.05, 3.63) is 65.2 Å². The van der Waals surface area contributed by atoms with Gasteiger partial charge >= 0.3 is 5.97 Å². The highest BCUT2D eigenvalue weighted by Crippen LogP contribution is 2.15. The molecule has 102 valence electrons. The van der Waals surface area contributed by atoms with E-state index < -0.39 is 0 Å². The zero-order valence-electron chi connectivity index (χ0n) is 11.7. The molecule has 0 saturated heterocycles. The first-order valence-corrected chi connectivity index (χ1v) is 6.57. The van der Waals surface area contributed by atoms with Crippen molar-refractivity contribution in [2.24, 2.45) is 4.99 Å². The van der Waals surface area contributed by atoms with E-state index in [9.17, 15) is 4.79 Å². The van der Waals surface area contributed by atoms with Gasteiger partial charge in [-0.05, 0) is 37.6 Å². The Kier molecular flexibility index (Phi) is 4.66. The molecule has 0 aliphatic rings. The predicted molar refractivity (Wildman–Crippen MR) is 80.8 cm³/mol. The summed E-state index contributed by atoms with van der Waals surface area (Å²) < 4.78 is 5.04. The molecule has 0 bridgehead atoms. The molecule has 0 aliphatic heterocycles. The minimum Gasteiger partial charge on any atom is -0.462 e. The highest BCUT2D eigenvalue weighted by molar-refractivity contribution is 5.99. The van der Waals surface area contributed by atoms with Gasteiger partial charge in [-0.1, -0.05) is 30.3 Å². The second-order valence-corrected chi connectivity index (χ2v) is 4.40. The van der Waals surface area contributed by atoms with Crippen LogP contribution in [0.2, 0.25) is 0 Å². The summed E-state index contributed by atoms with van der Waals surface area (Å²) in [4.78, 5) is 16.3. The third-order valence-corrected chi connectivity index (χ3v) is 2.81. The van der Waals surface area contributed by atoms with Crippen LogP contribution in [0.4, 0.5) is 5.69 Å². The normalized spacial score (nSPS) is 10.7. The second kappa shape index (κ2) is 6.66. The van der Waals surface area contributed by atoms with Crippen LogP contribution >= 0.6 is 0 Å². The SMILES string of the molecule is CCOC(=O)c1ccccc1/C=N\c1cccc(C)c1. The van der Waals surface area contributed by atoms with E-state index in [1.165, 1.54) is 0 Å². The highest BCUT2D eigenvalue weighted by Gasteiger charge is 2.09. The molecule has 3 nitrogen and oxygen atoms in total. The Morgan fingerprint density at radius 1 is 1.20 bits per heavy atom. The average molecular weight is 267 g/mol. The van der Waals surface area contributed by atoms with E-state index in [1.807, 2.05) is 49.4 Å². The third kappa shape index (κ3) is 3.54. The number of esters is 1. The maximum Gasteiger partial charge on any atom is 0.338 e. The first-order chi connectivity index (χ1) is 9.70. The molecule has 0 atom stereocenters. The van der Waals surface area contributed by atoms with Gasteiger partial charge in [-0.2, -0.15) is 0 Å². The Balaban J connectivity index is 2.27. The summed E-state index contributed by atoms with van der Waals surface area (Å²) in [5, 5.41) is 0. The van der Waals surface area contributed by atoms with E-state index in [2.05, 4.69) is 4.99 Å². The van der Waals surface area contributed by atoms with E-state index in [0.29, 0.717) is 12.2 Å². The van der Waals surface area contributed by atoms with E-state index in [4.69, 9.17) is 4.74 Å². The molecule has 2 aromatic carbocycles. The molecule has 0 saturated carbocycles. The molecule has 0 aliphatic carbocycles. The molecule has 0 amide bonds. The van der Waals surface area contributed by atoms with Gasteiger partial charge in [-0.15, -0.1) is 0 Å². The van der Waals surface area contributed by atoms with Crippen LogP contribution in [0.25, 0.3) is 0 Å². The van der Waals surface area contributed by atoms with Gasteiger partial charge in [0.15, 0.2) is 0 Å². The molecule has 0 radical (unpaired) electrons. The van der Waals surface area contributed by atoms with E-state index in [1.54, 1.807) is 19.2 Å². The molecule has 0 N–H and O–H groups in total. The molecule has 0 aromatic heterocycles. The number of aliphatic imine (C=N–C) groups is 1. The predicted octanol–water partition coefficient (Wildman–Crippen LogP) is 3.92. The Morgan fingerprint density at radius 2 is 2.00 bits per heavy atom. The van der Waals surface area contributed by atoms with Crippen LogP contribution in [0, 0.1) is 6.92 Å². The van der Waals surface area contributed by atoms with Crippen molar-refractivity contribution in [3.8, 4) is 0 Å². The zero-order valence-corrected chi connectivity index (χ0v) is 11.7. The van der Waals surface area contributed by atoms with Gasteiger partial charge in [0.2, 0.25) is 0 Å². The molecule has 0 spiro atoms. The van der Waals surface area contributed by atoms with Crippen molar-refractivity contribution < 1.29 is 9.53 Å². The first-order valence-electron chi connectivity index (χ1n) is 6.57. The zero-order chi connectivity index (χ0) is 14.4. The lowest BCUT2D eigenvalue weighted by molar-refractivity contribution is 0.0526. The minimum absolute atomic E-state index is 0.321. The molecule has 3 heteroatoms. The molecule has 20 heavy (non-hydrogen) atoms. The van der Waals surface area contributed by atoms with Gasteiger partial charge in [-0.3, -0.25) is 4.99 Å². The van der Waals surface area contributed by atoms with Crippen molar-refractivity contribution in [1.82, 2.24) is 0 Å². The van der Waals surface area contributed by atoms with Crippen LogP contribution in [0.5, 0.6) is 0 Å². The molecule has 0 unspecified atom stereocenters. The average Bonchev–Trinajstić information content (AvgIpc) is 2.46. The van der Waals surface area contributed by atoms with Crippen molar-refractivity contribution in [2.75, 3.05) is 6.61 Å². The van der Waals surface area contributed by atoms with Crippen LogP contribution in [-0.2, 0) is 4.74 Å². The number of hydrogen-bond donors (Lipinski definition) is 0. The Hall–Kier alpha value is -2.42. The van der Waals surface area contributed by atoms with Crippen molar-refractivity contribution in [1.29, 1.82) is 0 Å². The monoisotopic (exact) mass is 267 g/mol. The molecule has 2 aromatic rings. The largest absolute Gasteiger partial charge is 0.462 e. The number of rotatable bonds is 4. The number of hydrogen-bond acceptors (Lipinski definition) is 3. The van der Waals surface area contributed by atoms with Crippen molar-refractivity contribution in [2.45, 2.75) is 13.8 Å². The highest BCUT2D eigenvalue weighted by atomic mass is 16.5. The lowest BCUT2D eigenvalue weighted by Gasteiger charge is -2.04. The summed E-state index contributed by atoms with van der Waals surface area (Å²) in [5.74, 6) is -0.321. The summed E-state index contributed by atoms with van der Waals surface area (Å²) in [6, 6.07) is 15.2. The van der Waals surface area contributed by atoms with Crippen LogP contribution in [0.1, 0.15) is 28.4 Å². The summed E-state index contributed by atoms with van der Waals surface area (Å²) in [7, 11) is 0. The minimum atomic E-state index is -0.321. The smallest absolute Gasteiger partial charge is 0.338 e. The van der Waals surface area contributed by atoms with Crippen LogP contribution in [-0.4, -0.2) is 18.8 Å². The van der Waals surface area contributed by atoms with Gasteiger partial charge < -0.3 is 4.74 Å². The first kappa shape index (κ1) is 14.0. The second-order valence-electron chi connectivity index (χ2n) is 4.40. The molecular formula is C17H17NO2. The van der Waals surface area contributed by atoms with Crippen molar-refractivity contribution >= 4 is 17.9 Å². The molecular weight excluding hydrogens is 250 g/mol. The van der Waals surface area contributed by atoms with Gasteiger partial charge in [-0.25, -0.2) is 4.79 Å². The Bertz CT molecular complexity index is 632. The van der Waals surface area contributed by atoms with Crippen LogP contribution in [0.3, 0.4) is 0 Å². The van der Waals surface area contributed by atoms with E-state index in [-0.39, 0.29) is 5.97 Å². The number of carbonyl (C=O) groups excluding carboxylic acids is 1. The lowest BCUT2D eigenvalue weighted by atomic mass is 10.1. The fraction of sp³-hybridized carbons (Fsp3) is 0.176. The molecule has 0 heterocycles. The quantitative estimate of drug-likeness (QED) is 0.622. The van der Waals surface area contributed by atoms with Gasteiger partial charge in [0, 0.05) is 11.8 Å². The van der Waals surface area contributed by atoms with Crippen LogP contribution < -0.4 is 0 Å². The Labute approximate surface area is 118 Å². The van der Waals surface area contributed by atoms with Gasteiger partial charge in [0.1, 0.15) is 0 Å². The fourth-order valence-electron chi connectivity index (χ4n) is 1.86. The standard InChI is InChI=1S/C17H17NO2/c1-3-20-17(19)16-10-5-4-8-14(16)12-18-15-9-6-7-13(2)11-15/h4-12H,3H2,1-2H3/b18-12-. The number of ether oxygens (including phenoxy) is 1. The summed E-state index contributed by atoms with van der Waals surface area (Å²) in [5.41, 5.74) is 3.31. The number of nitrogens with zero attached hydrogens (tertiary/aromatic N) is 1. The topological polar surface area (TPSA) is 38.7 Å². The molecule has 2 rings (SSSR count). The summed E-state index contributed by atoms with van der Waals surface area (Å²) in [6.07, 6.45) is 1.70. The summed E-state index contributed by atoms with van der Waals surface area (Å²) >= 11 is 0. The number of carbonyl (C=O) groups is 1. The number of benzene rings is 2. The third-order valence-electron chi connectivity index (χ3n) is 2.81. The van der Waals surface area contributed by atoms with Crippen molar-refractivity contribution in [3.63, 3.8) is 0 Å². The van der Waals surface area contributed by atoms with E-state index in [0.717, 1.165) is 16.8 Å². The molecule has 0 fully saturated rings. The number of aryl methyl sites for hydroxylation is 1. The maximum atomic E-state index is 11.8. The van der Waals surface area contributed by atoms with Crippen LogP contribution in [0.15, 0.2) is 53.5 Å². The van der Waals surface area contributed by atoms with Gasteiger partial charge in [0.05, 0.1) is 17.9 Å². The van der Waals surface area contributed by atoms with E-state index >= 15 is 0 Å². The Morgan fingerprint density at radius 3 is 2.75 bits per heavy atom.